The van der Waals surface area contributed by atoms with Crippen molar-refractivity contribution in [2.75, 3.05) is 0 Å². The van der Waals surface area contributed by atoms with E-state index in [4.69, 9.17) is 0 Å². The highest BCUT2D eigenvalue weighted by atomic mass is 32.2. The third-order valence-corrected chi connectivity index (χ3v) is 14.1. The lowest BCUT2D eigenvalue weighted by molar-refractivity contribution is -0.140. The Morgan fingerprint density at radius 2 is 1.74 bits per heavy atom. The molecule has 4 fully saturated rings. The predicted molar refractivity (Wildman–Crippen MR) is 154 cm³/mol. The second-order valence-corrected chi connectivity index (χ2v) is 16.1. The van der Waals surface area contributed by atoms with Crippen molar-refractivity contribution in [3.63, 3.8) is 0 Å². The first kappa shape index (κ1) is 31.8. The number of fused-ring (bicyclic) bond motifs is 5. The number of carbonyl (C=O) groups is 1. The number of amides is 1. The summed E-state index contributed by atoms with van der Waals surface area (Å²) in [5.74, 6) is 1.96. The maximum absolute atomic E-state index is 14.3. The number of rotatable bonds is 7. The molecule has 42 heavy (non-hydrogen) atoms. The third-order valence-electron chi connectivity index (χ3n) is 12.7. The molecule has 1 amide bonds. The van der Waals surface area contributed by atoms with Crippen molar-refractivity contribution in [2.24, 2.45) is 52.3 Å². The summed E-state index contributed by atoms with van der Waals surface area (Å²) in [6, 6.07) is 1.94. The van der Waals surface area contributed by atoms with Gasteiger partial charge in [-0.25, -0.2) is 17.5 Å². The molecule has 0 saturated heterocycles. The first-order chi connectivity index (χ1) is 19.6. The lowest BCUT2D eigenvalue weighted by Gasteiger charge is -2.63. The van der Waals surface area contributed by atoms with Gasteiger partial charge >= 0.3 is 6.18 Å². The summed E-state index contributed by atoms with van der Waals surface area (Å²) in [6.07, 6.45) is 7.97. The van der Waals surface area contributed by atoms with Gasteiger partial charge < -0.3 is 0 Å². The van der Waals surface area contributed by atoms with Gasteiger partial charge in [0, 0.05) is 6.42 Å². The molecule has 1 N–H and O–H groups in total. The van der Waals surface area contributed by atoms with E-state index in [9.17, 15) is 30.8 Å². The molecule has 4 nitrogen and oxygen atoms in total. The monoisotopic (exact) mass is 613 g/mol. The molecule has 0 bridgehead atoms. The zero-order valence-corrected chi connectivity index (χ0v) is 26.2. The van der Waals surface area contributed by atoms with Crippen molar-refractivity contribution in [3.05, 3.63) is 29.6 Å². The second-order valence-electron chi connectivity index (χ2n) is 14.5. The van der Waals surface area contributed by atoms with Crippen LogP contribution in [0.3, 0.4) is 0 Å². The Bertz CT molecular complexity index is 1280. The summed E-state index contributed by atoms with van der Waals surface area (Å²) in [7, 11) is -5.03. The van der Waals surface area contributed by atoms with Crippen molar-refractivity contribution < 1.29 is 30.8 Å². The number of sulfonamides is 1. The van der Waals surface area contributed by atoms with Gasteiger partial charge in [0.25, 0.3) is 10.0 Å². The van der Waals surface area contributed by atoms with E-state index in [1.165, 1.54) is 57.8 Å². The van der Waals surface area contributed by atoms with E-state index in [1.54, 1.807) is 4.72 Å². The number of hydrogen-bond acceptors (Lipinski definition) is 3. The fourth-order valence-electron chi connectivity index (χ4n) is 10.8. The number of carbonyl (C=O) groups excluding carboxylic acids is 1. The maximum Gasteiger partial charge on any atom is 0.417 e. The van der Waals surface area contributed by atoms with E-state index >= 15 is 0 Å². The van der Waals surface area contributed by atoms with Gasteiger partial charge in [0.05, 0.1) is 5.56 Å². The smallest absolute Gasteiger partial charge is 0.274 e. The number of halogens is 4. The van der Waals surface area contributed by atoms with Crippen LogP contribution >= 0.6 is 0 Å². The lowest BCUT2D eigenvalue weighted by atomic mass is 9.42. The summed E-state index contributed by atoms with van der Waals surface area (Å²) in [5, 5.41) is 0. The molecule has 0 radical (unpaired) electrons. The zero-order chi connectivity index (χ0) is 30.7. The summed E-state index contributed by atoms with van der Waals surface area (Å²) >= 11 is 0. The van der Waals surface area contributed by atoms with Crippen molar-refractivity contribution in [2.45, 2.75) is 116 Å². The van der Waals surface area contributed by atoms with Crippen LogP contribution in [0.4, 0.5) is 17.6 Å². The van der Waals surface area contributed by atoms with Crippen LogP contribution in [0.5, 0.6) is 0 Å². The molecule has 236 valence electrons. The highest BCUT2D eigenvalue weighted by Crippen LogP contribution is 2.69. The number of alkyl halides is 3. The average Bonchev–Trinajstić information content (AvgIpc) is 3.27. The topological polar surface area (TPSA) is 63.2 Å². The first-order valence-electron chi connectivity index (χ1n) is 16.0. The van der Waals surface area contributed by atoms with Crippen molar-refractivity contribution in [3.8, 4) is 0 Å². The third kappa shape index (κ3) is 5.42. The average molecular weight is 614 g/mol. The SMILES string of the molecule is CC[C@H]1CC2C3CC[C@H]([C@H](C)CCC(=O)NS(=O)(=O)c4c(F)cccc4C(F)(F)F)[C@@]3(C)CCC2[C@@]2(C)CCCC[C@@H]12. The van der Waals surface area contributed by atoms with Crippen molar-refractivity contribution in [1.29, 1.82) is 0 Å². The van der Waals surface area contributed by atoms with Gasteiger partial charge in [0.2, 0.25) is 5.91 Å². The molecule has 0 heterocycles. The minimum Gasteiger partial charge on any atom is -0.274 e. The maximum atomic E-state index is 14.3. The molecule has 4 aliphatic carbocycles. The van der Waals surface area contributed by atoms with Crippen LogP contribution in [0.15, 0.2) is 23.1 Å². The van der Waals surface area contributed by atoms with Crippen LogP contribution in [0.25, 0.3) is 0 Å². The summed E-state index contributed by atoms with van der Waals surface area (Å²) in [4.78, 5) is 11.2. The molecule has 4 saturated carbocycles. The number of hydrogen-bond donors (Lipinski definition) is 1. The van der Waals surface area contributed by atoms with Crippen LogP contribution in [-0.4, -0.2) is 14.3 Å². The Balaban J connectivity index is 1.25. The Hall–Kier alpha value is -1.64. The molecular weight excluding hydrogens is 566 g/mol. The highest BCUT2D eigenvalue weighted by molar-refractivity contribution is 7.90. The fourth-order valence-corrected chi connectivity index (χ4v) is 12.1. The normalized spacial score (nSPS) is 37.3. The van der Waals surface area contributed by atoms with Gasteiger partial charge in [0.1, 0.15) is 10.7 Å². The van der Waals surface area contributed by atoms with Crippen LogP contribution < -0.4 is 4.72 Å². The minimum absolute atomic E-state index is 0.142. The Kier molecular flexibility index (Phi) is 8.60. The van der Waals surface area contributed by atoms with Gasteiger partial charge in [-0.05, 0) is 116 Å². The first-order valence-corrected chi connectivity index (χ1v) is 17.5. The van der Waals surface area contributed by atoms with Gasteiger partial charge in [-0.15, -0.1) is 0 Å². The molecule has 3 unspecified atom stereocenters. The molecule has 9 atom stereocenters. The zero-order valence-electron chi connectivity index (χ0n) is 25.4. The van der Waals surface area contributed by atoms with E-state index in [1.807, 2.05) is 0 Å². The largest absolute Gasteiger partial charge is 0.417 e. The van der Waals surface area contributed by atoms with E-state index in [2.05, 4.69) is 27.7 Å². The standard InChI is InChI=1S/C33H47F4NO3S/c1-5-21-19-22-25-14-13-23(32(25,4)18-16-26(22)31(3)17-7-6-9-24(21)31)20(2)12-15-29(39)38-42(40,41)30-27(33(35,36)37)10-8-11-28(30)34/h8,10-11,20-26H,5-7,9,12-19H2,1-4H3,(H,38,39)/t20-,21+,22?,23-,24+,25?,26?,31+,32-/m1/s1. The number of benzene rings is 1. The van der Waals surface area contributed by atoms with E-state index in [-0.39, 0.29) is 17.8 Å². The molecule has 4 aliphatic rings. The Morgan fingerprint density at radius 3 is 2.43 bits per heavy atom. The van der Waals surface area contributed by atoms with E-state index in [0.717, 1.165) is 36.2 Å². The van der Waals surface area contributed by atoms with Crippen LogP contribution in [0.2, 0.25) is 0 Å². The van der Waals surface area contributed by atoms with Gasteiger partial charge in [-0.1, -0.05) is 53.0 Å². The molecule has 0 spiro atoms. The van der Waals surface area contributed by atoms with Crippen molar-refractivity contribution >= 4 is 15.9 Å². The van der Waals surface area contributed by atoms with E-state index in [0.29, 0.717) is 35.8 Å². The summed E-state index contributed by atoms with van der Waals surface area (Å²) < 4.78 is 81.6. The highest BCUT2D eigenvalue weighted by Gasteiger charge is 2.61. The van der Waals surface area contributed by atoms with Crippen LogP contribution in [0, 0.1) is 58.1 Å². The molecule has 1 aromatic carbocycles. The predicted octanol–water partition coefficient (Wildman–Crippen LogP) is 8.75. The molecule has 9 heteroatoms. The van der Waals surface area contributed by atoms with Crippen molar-refractivity contribution in [1.82, 2.24) is 4.72 Å². The molecule has 0 aliphatic heterocycles. The fraction of sp³-hybridized carbons (Fsp3) is 0.788. The van der Waals surface area contributed by atoms with Gasteiger partial charge in [-0.3, -0.25) is 4.79 Å². The molecule has 0 aromatic heterocycles. The molecule has 5 rings (SSSR count). The number of nitrogens with one attached hydrogen (secondary N) is 1. The van der Waals surface area contributed by atoms with Crippen LogP contribution in [-0.2, 0) is 21.0 Å². The quantitative estimate of drug-likeness (QED) is 0.313. The summed E-state index contributed by atoms with van der Waals surface area (Å²) in [5.41, 5.74) is -1.01. The Morgan fingerprint density at radius 1 is 1.02 bits per heavy atom. The lowest BCUT2D eigenvalue weighted by Crippen LogP contribution is -2.55. The van der Waals surface area contributed by atoms with Gasteiger partial charge in [-0.2, -0.15) is 13.2 Å². The van der Waals surface area contributed by atoms with Crippen LogP contribution in [0.1, 0.15) is 110 Å². The Labute approximate surface area is 248 Å². The molecule has 1 aromatic rings. The molecular formula is C33H47F4NO3S. The summed E-state index contributed by atoms with van der Waals surface area (Å²) in [6.45, 7) is 9.53. The van der Waals surface area contributed by atoms with Gasteiger partial charge in [0.15, 0.2) is 0 Å². The second kappa shape index (κ2) is 11.4. The van der Waals surface area contributed by atoms with E-state index < -0.39 is 38.4 Å². The minimum atomic E-state index is -5.08.